The fourth-order valence-corrected chi connectivity index (χ4v) is 2.15. The Morgan fingerprint density at radius 3 is 1.83 bits per heavy atom. The van der Waals surface area contributed by atoms with Crippen molar-refractivity contribution in [1.29, 1.82) is 0 Å². The van der Waals surface area contributed by atoms with Crippen molar-refractivity contribution in [2.45, 2.75) is 60.3 Å². The molecule has 0 aromatic rings. The first kappa shape index (κ1) is 10.1. The summed E-state index contributed by atoms with van der Waals surface area (Å²) in [7, 11) is 0. The fraction of sp³-hybridized carbons (Fsp3) is 1.00. The molecule has 12 heavy (non-hydrogen) atoms. The number of hydrogen-bond acceptors (Lipinski definition) is 0. The minimum absolute atomic E-state index is 0.493. The molecule has 0 heterocycles. The predicted molar refractivity (Wildman–Crippen MR) is 55.2 cm³/mol. The molecule has 0 amide bonds. The maximum atomic E-state index is 2.47. The Kier molecular flexibility index (Phi) is 2.56. The largest absolute Gasteiger partial charge is 0.0625 e. The minimum atomic E-state index is 0.493. The fourth-order valence-electron chi connectivity index (χ4n) is 2.15. The van der Waals surface area contributed by atoms with Crippen LogP contribution < -0.4 is 0 Å². The van der Waals surface area contributed by atoms with E-state index in [1.165, 1.54) is 25.7 Å². The summed E-state index contributed by atoms with van der Waals surface area (Å²) < 4.78 is 0. The monoisotopic (exact) mass is 168 g/mol. The molecule has 0 aliphatic heterocycles. The van der Waals surface area contributed by atoms with Gasteiger partial charge in [-0.25, -0.2) is 0 Å². The molecule has 1 saturated carbocycles. The van der Waals surface area contributed by atoms with E-state index < -0.39 is 0 Å². The minimum Gasteiger partial charge on any atom is -0.0625 e. The van der Waals surface area contributed by atoms with Gasteiger partial charge in [0.05, 0.1) is 0 Å². The highest BCUT2D eigenvalue weighted by atomic mass is 14.4. The summed E-state index contributed by atoms with van der Waals surface area (Å²) in [6, 6.07) is 0. The normalized spacial score (nSPS) is 38.2. The van der Waals surface area contributed by atoms with Crippen molar-refractivity contribution in [2.24, 2.45) is 16.7 Å². The molecule has 0 N–H and O–H groups in total. The summed E-state index contributed by atoms with van der Waals surface area (Å²) in [5.74, 6) is 0.973. The highest BCUT2D eigenvalue weighted by Gasteiger charge is 2.39. The van der Waals surface area contributed by atoms with Crippen molar-refractivity contribution >= 4 is 0 Å². The van der Waals surface area contributed by atoms with Gasteiger partial charge in [0, 0.05) is 0 Å². The Bertz CT molecular complexity index is 142. The molecule has 0 atom stereocenters. The summed E-state index contributed by atoms with van der Waals surface area (Å²) in [5.41, 5.74) is 1.09. The Labute approximate surface area is 77.7 Å². The van der Waals surface area contributed by atoms with Crippen LogP contribution in [0.3, 0.4) is 0 Å². The number of rotatable bonds is 0. The third kappa shape index (κ3) is 1.84. The average molecular weight is 168 g/mol. The zero-order chi connectivity index (χ0) is 9.41. The molecule has 1 aliphatic rings. The van der Waals surface area contributed by atoms with Crippen LogP contribution in [-0.4, -0.2) is 0 Å². The molecule has 72 valence electrons. The van der Waals surface area contributed by atoms with E-state index in [0.717, 1.165) is 5.92 Å². The highest BCUT2D eigenvalue weighted by Crippen LogP contribution is 2.50. The van der Waals surface area contributed by atoms with Crippen molar-refractivity contribution in [3.05, 3.63) is 0 Å². The van der Waals surface area contributed by atoms with Crippen LogP contribution in [0, 0.1) is 16.7 Å². The molecule has 0 unspecified atom stereocenters. The molecule has 0 spiro atoms. The van der Waals surface area contributed by atoms with E-state index in [4.69, 9.17) is 0 Å². The van der Waals surface area contributed by atoms with Crippen LogP contribution in [0.5, 0.6) is 0 Å². The second kappa shape index (κ2) is 3.05. The molecule has 0 aromatic carbocycles. The Morgan fingerprint density at radius 1 is 1.08 bits per heavy atom. The van der Waals surface area contributed by atoms with E-state index in [9.17, 15) is 0 Å². The third-order valence-electron chi connectivity index (χ3n) is 4.19. The molecule has 0 heteroatoms. The van der Waals surface area contributed by atoms with Crippen molar-refractivity contribution in [1.82, 2.24) is 0 Å². The smallest absolute Gasteiger partial charge is 0.0277 e. The summed E-state index contributed by atoms with van der Waals surface area (Å²) >= 11 is 0. The maximum Gasteiger partial charge on any atom is -0.0277 e. The SMILES string of the molecule is CC1CCC(C)(C(C)(C)C)CC1. The Morgan fingerprint density at radius 2 is 1.50 bits per heavy atom. The van der Waals surface area contributed by atoms with Crippen LogP contribution in [0.2, 0.25) is 0 Å². The van der Waals surface area contributed by atoms with E-state index in [2.05, 4.69) is 34.6 Å². The molecule has 0 aromatic heterocycles. The van der Waals surface area contributed by atoms with Gasteiger partial charge in [0.15, 0.2) is 0 Å². The molecular weight excluding hydrogens is 144 g/mol. The van der Waals surface area contributed by atoms with E-state index in [1.54, 1.807) is 0 Å². The molecule has 0 saturated heterocycles. The van der Waals surface area contributed by atoms with Gasteiger partial charge in [-0.2, -0.15) is 0 Å². The molecule has 1 rings (SSSR count). The summed E-state index contributed by atoms with van der Waals surface area (Å²) in [6.07, 6.45) is 5.73. The Hall–Kier alpha value is 0. The van der Waals surface area contributed by atoms with E-state index >= 15 is 0 Å². The van der Waals surface area contributed by atoms with Gasteiger partial charge < -0.3 is 0 Å². The maximum absolute atomic E-state index is 2.47. The number of hydrogen-bond donors (Lipinski definition) is 0. The first-order valence-corrected chi connectivity index (χ1v) is 5.35. The lowest BCUT2D eigenvalue weighted by molar-refractivity contribution is 0.0444. The zero-order valence-corrected chi connectivity index (χ0v) is 9.41. The van der Waals surface area contributed by atoms with Gasteiger partial charge in [-0.3, -0.25) is 0 Å². The first-order chi connectivity index (χ1) is 5.35. The first-order valence-electron chi connectivity index (χ1n) is 5.35. The van der Waals surface area contributed by atoms with Crippen LogP contribution in [0.15, 0.2) is 0 Å². The van der Waals surface area contributed by atoms with Crippen molar-refractivity contribution < 1.29 is 0 Å². The molecule has 1 aliphatic carbocycles. The van der Waals surface area contributed by atoms with Crippen LogP contribution in [0.4, 0.5) is 0 Å². The van der Waals surface area contributed by atoms with Crippen molar-refractivity contribution in [2.75, 3.05) is 0 Å². The second-order valence-electron chi connectivity index (χ2n) is 5.99. The standard InChI is InChI=1S/C12H24/c1-10-6-8-12(5,9-7-10)11(2,3)4/h10H,6-9H2,1-5H3. The predicted octanol–water partition coefficient (Wildman–Crippen LogP) is 4.25. The third-order valence-corrected chi connectivity index (χ3v) is 4.19. The van der Waals surface area contributed by atoms with E-state index in [-0.39, 0.29) is 0 Å². The lowest BCUT2D eigenvalue weighted by atomic mass is 9.59. The average Bonchev–Trinajstić information content (AvgIpc) is 1.93. The van der Waals surface area contributed by atoms with Crippen molar-refractivity contribution in [3.63, 3.8) is 0 Å². The van der Waals surface area contributed by atoms with E-state index in [1.807, 2.05) is 0 Å². The second-order valence-corrected chi connectivity index (χ2v) is 5.99. The lowest BCUT2D eigenvalue weighted by Crippen LogP contribution is -2.36. The van der Waals surface area contributed by atoms with Gasteiger partial charge >= 0.3 is 0 Å². The molecule has 0 radical (unpaired) electrons. The molecule has 0 bridgehead atoms. The van der Waals surface area contributed by atoms with Crippen LogP contribution in [0.25, 0.3) is 0 Å². The molecule has 1 fully saturated rings. The van der Waals surface area contributed by atoms with Gasteiger partial charge in [0.1, 0.15) is 0 Å². The zero-order valence-electron chi connectivity index (χ0n) is 9.41. The summed E-state index contributed by atoms with van der Waals surface area (Å²) in [5, 5.41) is 0. The lowest BCUT2D eigenvalue weighted by Gasteiger charge is -2.46. The topological polar surface area (TPSA) is 0 Å². The molecular formula is C12H24. The Balaban J connectivity index is 2.62. The summed E-state index contributed by atoms with van der Waals surface area (Å²) in [4.78, 5) is 0. The van der Waals surface area contributed by atoms with E-state index in [0.29, 0.717) is 10.8 Å². The van der Waals surface area contributed by atoms with Crippen molar-refractivity contribution in [3.8, 4) is 0 Å². The highest BCUT2D eigenvalue weighted by molar-refractivity contribution is 4.89. The van der Waals surface area contributed by atoms with Gasteiger partial charge in [0.2, 0.25) is 0 Å². The van der Waals surface area contributed by atoms with Gasteiger partial charge in [-0.05, 0) is 29.6 Å². The molecule has 0 nitrogen and oxygen atoms in total. The van der Waals surface area contributed by atoms with Gasteiger partial charge in [-0.15, -0.1) is 0 Å². The van der Waals surface area contributed by atoms with Crippen LogP contribution in [0.1, 0.15) is 60.3 Å². The van der Waals surface area contributed by atoms with Gasteiger partial charge in [-0.1, -0.05) is 47.5 Å². The summed E-state index contributed by atoms with van der Waals surface area (Å²) in [6.45, 7) is 12.0. The van der Waals surface area contributed by atoms with Crippen LogP contribution >= 0.6 is 0 Å². The van der Waals surface area contributed by atoms with Crippen LogP contribution in [-0.2, 0) is 0 Å². The van der Waals surface area contributed by atoms with Gasteiger partial charge in [0.25, 0.3) is 0 Å². The quantitative estimate of drug-likeness (QED) is 0.507.